The summed E-state index contributed by atoms with van der Waals surface area (Å²) in [5.41, 5.74) is 0. The predicted octanol–water partition coefficient (Wildman–Crippen LogP) is 0.417. The molecule has 3 nitrogen and oxygen atoms in total. The van der Waals surface area contributed by atoms with Crippen LogP contribution in [0.3, 0.4) is 0 Å². The molecule has 0 aromatic rings. The molecule has 2 heterocycles. The SMILES string of the molecule is CSCC(=O)N1CCC2CNCC2C1. The number of fused-ring (bicyclic) bond motifs is 1. The van der Waals surface area contributed by atoms with Crippen LogP contribution in [-0.4, -0.2) is 49.0 Å². The lowest BCUT2D eigenvalue weighted by Gasteiger charge is -2.34. The van der Waals surface area contributed by atoms with Crippen molar-refractivity contribution in [3.8, 4) is 0 Å². The molecular weight excluding hydrogens is 196 g/mol. The average molecular weight is 214 g/mol. The van der Waals surface area contributed by atoms with Crippen LogP contribution in [0.1, 0.15) is 6.42 Å². The summed E-state index contributed by atoms with van der Waals surface area (Å²) >= 11 is 1.62. The summed E-state index contributed by atoms with van der Waals surface area (Å²) < 4.78 is 0. The van der Waals surface area contributed by atoms with Gasteiger partial charge in [0.05, 0.1) is 5.75 Å². The number of carbonyl (C=O) groups is 1. The van der Waals surface area contributed by atoms with Crippen LogP contribution < -0.4 is 5.32 Å². The maximum absolute atomic E-state index is 11.7. The van der Waals surface area contributed by atoms with Crippen LogP contribution in [0.25, 0.3) is 0 Å². The van der Waals surface area contributed by atoms with Crippen molar-refractivity contribution in [2.75, 3.05) is 38.2 Å². The van der Waals surface area contributed by atoms with Crippen LogP contribution in [0.2, 0.25) is 0 Å². The van der Waals surface area contributed by atoms with Gasteiger partial charge in [0.15, 0.2) is 0 Å². The van der Waals surface area contributed by atoms with E-state index in [1.807, 2.05) is 11.2 Å². The summed E-state index contributed by atoms with van der Waals surface area (Å²) in [7, 11) is 0. The number of nitrogens with one attached hydrogen (secondary N) is 1. The quantitative estimate of drug-likeness (QED) is 0.723. The van der Waals surface area contributed by atoms with Crippen molar-refractivity contribution in [1.29, 1.82) is 0 Å². The average Bonchev–Trinajstić information content (AvgIpc) is 2.64. The first kappa shape index (κ1) is 10.3. The Balaban J connectivity index is 1.87. The minimum absolute atomic E-state index is 0.322. The molecule has 2 fully saturated rings. The Bertz CT molecular complexity index is 222. The fourth-order valence-electron chi connectivity index (χ4n) is 2.48. The second-order valence-corrected chi connectivity index (χ2v) is 5.11. The topological polar surface area (TPSA) is 32.3 Å². The fraction of sp³-hybridized carbons (Fsp3) is 0.900. The first-order valence-corrected chi connectivity index (χ1v) is 6.68. The number of carbonyl (C=O) groups excluding carboxylic acids is 1. The summed E-state index contributed by atoms with van der Waals surface area (Å²) in [6, 6.07) is 0. The fourth-order valence-corrected chi connectivity index (χ4v) is 2.91. The lowest BCUT2D eigenvalue weighted by atomic mass is 9.89. The van der Waals surface area contributed by atoms with Crippen molar-refractivity contribution in [3.63, 3.8) is 0 Å². The Labute approximate surface area is 89.6 Å². The molecule has 0 saturated carbocycles. The Morgan fingerprint density at radius 2 is 2.29 bits per heavy atom. The van der Waals surface area contributed by atoms with Gasteiger partial charge in [-0.3, -0.25) is 4.79 Å². The van der Waals surface area contributed by atoms with E-state index in [1.54, 1.807) is 11.8 Å². The van der Waals surface area contributed by atoms with Gasteiger partial charge < -0.3 is 10.2 Å². The molecule has 2 rings (SSSR count). The van der Waals surface area contributed by atoms with E-state index < -0.39 is 0 Å². The molecule has 2 saturated heterocycles. The van der Waals surface area contributed by atoms with Crippen LogP contribution in [0.5, 0.6) is 0 Å². The van der Waals surface area contributed by atoms with Gasteiger partial charge in [-0.25, -0.2) is 0 Å². The molecule has 2 aliphatic rings. The van der Waals surface area contributed by atoms with Gasteiger partial charge in [0.25, 0.3) is 0 Å². The molecule has 0 aromatic carbocycles. The van der Waals surface area contributed by atoms with Crippen LogP contribution in [0, 0.1) is 11.8 Å². The van der Waals surface area contributed by atoms with Crippen molar-refractivity contribution < 1.29 is 4.79 Å². The zero-order valence-electron chi connectivity index (χ0n) is 8.66. The number of rotatable bonds is 2. The van der Waals surface area contributed by atoms with E-state index in [2.05, 4.69) is 5.32 Å². The van der Waals surface area contributed by atoms with Crippen molar-refractivity contribution >= 4 is 17.7 Å². The summed E-state index contributed by atoms with van der Waals surface area (Å²) in [5.74, 6) is 2.51. The molecule has 4 heteroatoms. The molecule has 0 bridgehead atoms. The number of likely N-dealkylation sites (tertiary alicyclic amines) is 1. The molecule has 80 valence electrons. The standard InChI is InChI=1S/C10H18N2OS/c1-14-7-10(13)12-3-2-8-4-11-5-9(8)6-12/h8-9,11H,2-7H2,1H3. The van der Waals surface area contributed by atoms with Gasteiger partial charge in [-0.2, -0.15) is 11.8 Å². The van der Waals surface area contributed by atoms with Gasteiger partial charge in [-0.15, -0.1) is 0 Å². The third kappa shape index (κ3) is 2.06. The van der Waals surface area contributed by atoms with Crippen molar-refractivity contribution in [1.82, 2.24) is 10.2 Å². The highest BCUT2D eigenvalue weighted by Crippen LogP contribution is 2.26. The molecule has 1 N–H and O–H groups in total. The Kier molecular flexibility index (Phi) is 3.34. The summed E-state index contributed by atoms with van der Waals surface area (Å²) in [4.78, 5) is 13.7. The molecule has 2 unspecified atom stereocenters. The Morgan fingerprint density at radius 1 is 1.50 bits per heavy atom. The first-order chi connectivity index (χ1) is 6.81. The third-order valence-corrected chi connectivity index (χ3v) is 3.86. The maximum atomic E-state index is 11.7. The Hall–Kier alpha value is -0.220. The molecule has 0 aromatic heterocycles. The zero-order valence-corrected chi connectivity index (χ0v) is 9.48. The highest BCUT2D eigenvalue weighted by Gasteiger charge is 2.33. The second kappa shape index (κ2) is 4.53. The van der Waals surface area contributed by atoms with Gasteiger partial charge in [0, 0.05) is 13.1 Å². The molecule has 0 radical (unpaired) electrons. The number of amides is 1. The summed E-state index contributed by atoms with van der Waals surface area (Å²) in [5, 5.41) is 3.41. The summed E-state index contributed by atoms with van der Waals surface area (Å²) in [6.45, 7) is 4.22. The lowest BCUT2D eigenvalue weighted by molar-refractivity contribution is -0.130. The zero-order chi connectivity index (χ0) is 9.97. The number of thioether (sulfide) groups is 1. The molecule has 0 aliphatic carbocycles. The van der Waals surface area contributed by atoms with Crippen molar-refractivity contribution in [3.05, 3.63) is 0 Å². The van der Waals surface area contributed by atoms with Crippen LogP contribution in [0.15, 0.2) is 0 Å². The normalized spacial score (nSPS) is 31.6. The van der Waals surface area contributed by atoms with Crippen LogP contribution in [-0.2, 0) is 4.79 Å². The predicted molar refractivity (Wildman–Crippen MR) is 59.4 cm³/mol. The molecular formula is C10H18N2OS. The minimum atomic E-state index is 0.322. The number of hydrogen-bond donors (Lipinski definition) is 1. The third-order valence-electron chi connectivity index (χ3n) is 3.32. The van der Waals surface area contributed by atoms with Crippen molar-refractivity contribution in [2.24, 2.45) is 11.8 Å². The van der Waals surface area contributed by atoms with Gasteiger partial charge in [0.2, 0.25) is 5.91 Å². The van der Waals surface area contributed by atoms with Crippen LogP contribution >= 0.6 is 11.8 Å². The van der Waals surface area contributed by atoms with E-state index in [-0.39, 0.29) is 0 Å². The summed E-state index contributed by atoms with van der Waals surface area (Å²) in [6.07, 6.45) is 3.18. The number of hydrogen-bond acceptors (Lipinski definition) is 3. The van der Waals surface area contributed by atoms with Crippen LogP contribution in [0.4, 0.5) is 0 Å². The molecule has 2 aliphatic heterocycles. The van der Waals surface area contributed by atoms with E-state index in [0.29, 0.717) is 11.7 Å². The molecule has 14 heavy (non-hydrogen) atoms. The van der Waals surface area contributed by atoms with Gasteiger partial charge in [-0.05, 0) is 37.6 Å². The molecule has 1 amide bonds. The van der Waals surface area contributed by atoms with E-state index in [9.17, 15) is 4.79 Å². The number of nitrogens with zero attached hydrogens (tertiary/aromatic N) is 1. The first-order valence-electron chi connectivity index (χ1n) is 5.28. The van der Waals surface area contributed by atoms with Crippen molar-refractivity contribution in [2.45, 2.75) is 6.42 Å². The minimum Gasteiger partial charge on any atom is -0.342 e. The van der Waals surface area contributed by atoms with E-state index in [4.69, 9.17) is 0 Å². The van der Waals surface area contributed by atoms with E-state index >= 15 is 0 Å². The van der Waals surface area contributed by atoms with Gasteiger partial charge >= 0.3 is 0 Å². The smallest absolute Gasteiger partial charge is 0.232 e. The van der Waals surface area contributed by atoms with Gasteiger partial charge in [-0.1, -0.05) is 0 Å². The maximum Gasteiger partial charge on any atom is 0.232 e. The van der Waals surface area contributed by atoms with E-state index in [1.165, 1.54) is 6.42 Å². The Morgan fingerprint density at radius 3 is 3.07 bits per heavy atom. The highest BCUT2D eigenvalue weighted by atomic mass is 32.2. The second-order valence-electron chi connectivity index (χ2n) is 4.24. The van der Waals surface area contributed by atoms with E-state index in [0.717, 1.165) is 38.0 Å². The molecule has 0 spiro atoms. The van der Waals surface area contributed by atoms with Gasteiger partial charge in [0.1, 0.15) is 0 Å². The lowest BCUT2D eigenvalue weighted by Crippen LogP contribution is -2.44. The monoisotopic (exact) mass is 214 g/mol. The molecule has 2 atom stereocenters. The number of piperidine rings is 1. The largest absolute Gasteiger partial charge is 0.342 e. The highest BCUT2D eigenvalue weighted by molar-refractivity contribution is 7.99.